The summed E-state index contributed by atoms with van der Waals surface area (Å²) in [6, 6.07) is 4.69. The van der Waals surface area contributed by atoms with Crippen molar-refractivity contribution >= 4 is 17.3 Å². The zero-order chi connectivity index (χ0) is 18.6. The molecule has 26 heavy (non-hydrogen) atoms. The SMILES string of the molecule is CN=C(NCCN(C)CCOC)NCC(c1cccs1)N1CCOCC1. The quantitative estimate of drug-likeness (QED) is 0.462. The van der Waals surface area contributed by atoms with Crippen LogP contribution in [0.3, 0.4) is 0 Å². The van der Waals surface area contributed by atoms with E-state index in [2.05, 4.69) is 50.0 Å². The number of rotatable bonds is 10. The van der Waals surface area contributed by atoms with Crippen molar-refractivity contribution in [2.24, 2.45) is 4.99 Å². The molecule has 1 aromatic heterocycles. The van der Waals surface area contributed by atoms with Gasteiger partial charge in [-0.3, -0.25) is 9.89 Å². The average molecular weight is 384 g/mol. The largest absolute Gasteiger partial charge is 0.383 e. The topological polar surface area (TPSA) is 61.4 Å². The Morgan fingerprint density at radius 3 is 2.85 bits per heavy atom. The molecule has 1 unspecified atom stereocenters. The molecular formula is C18H33N5O2S. The van der Waals surface area contributed by atoms with Gasteiger partial charge < -0.3 is 25.0 Å². The lowest BCUT2D eigenvalue weighted by atomic mass is 10.2. The molecule has 7 nitrogen and oxygen atoms in total. The highest BCUT2D eigenvalue weighted by molar-refractivity contribution is 7.10. The number of nitrogens with zero attached hydrogens (tertiary/aromatic N) is 3. The van der Waals surface area contributed by atoms with Crippen LogP contribution in [0, 0.1) is 0 Å². The molecule has 0 spiro atoms. The van der Waals surface area contributed by atoms with Crippen molar-refractivity contribution in [2.45, 2.75) is 6.04 Å². The van der Waals surface area contributed by atoms with E-state index in [4.69, 9.17) is 9.47 Å². The molecule has 0 bridgehead atoms. The molecule has 148 valence electrons. The highest BCUT2D eigenvalue weighted by atomic mass is 32.1. The molecule has 0 amide bonds. The van der Waals surface area contributed by atoms with E-state index in [0.29, 0.717) is 6.04 Å². The van der Waals surface area contributed by atoms with Gasteiger partial charge in [-0.2, -0.15) is 0 Å². The summed E-state index contributed by atoms with van der Waals surface area (Å²) in [4.78, 5) is 10.5. The third kappa shape index (κ3) is 7.20. The molecule has 1 saturated heterocycles. The van der Waals surface area contributed by atoms with Crippen LogP contribution in [0.1, 0.15) is 10.9 Å². The lowest BCUT2D eigenvalue weighted by molar-refractivity contribution is 0.0177. The van der Waals surface area contributed by atoms with Crippen LogP contribution in [0.5, 0.6) is 0 Å². The highest BCUT2D eigenvalue weighted by Gasteiger charge is 2.23. The number of hydrogen-bond donors (Lipinski definition) is 2. The molecule has 8 heteroatoms. The summed E-state index contributed by atoms with van der Waals surface area (Å²) < 4.78 is 10.6. The monoisotopic (exact) mass is 383 g/mol. The van der Waals surface area contributed by atoms with Gasteiger partial charge in [-0.15, -0.1) is 11.3 Å². The van der Waals surface area contributed by atoms with Crippen LogP contribution in [0.25, 0.3) is 0 Å². The minimum absolute atomic E-state index is 0.349. The van der Waals surface area contributed by atoms with E-state index in [0.717, 1.165) is 65.0 Å². The molecule has 0 aromatic carbocycles. The van der Waals surface area contributed by atoms with E-state index < -0.39 is 0 Å². The third-order valence-corrected chi connectivity index (χ3v) is 5.48. The first-order valence-corrected chi connectivity index (χ1v) is 10.1. The number of likely N-dealkylation sites (N-methyl/N-ethyl adjacent to an activating group) is 1. The van der Waals surface area contributed by atoms with Gasteiger partial charge in [0.05, 0.1) is 25.9 Å². The van der Waals surface area contributed by atoms with Gasteiger partial charge in [-0.1, -0.05) is 6.07 Å². The summed E-state index contributed by atoms with van der Waals surface area (Å²) in [6.45, 7) is 7.88. The summed E-state index contributed by atoms with van der Waals surface area (Å²) in [5.74, 6) is 0.847. The second kappa shape index (κ2) is 12.2. The molecule has 1 fully saturated rings. The number of thiophene rings is 1. The van der Waals surface area contributed by atoms with E-state index in [9.17, 15) is 0 Å². The summed E-state index contributed by atoms with van der Waals surface area (Å²) in [7, 11) is 5.65. The van der Waals surface area contributed by atoms with Crippen molar-refractivity contribution in [3.63, 3.8) is 0 Å². The molecule has 1 atom stereocenters. The highest BCUT2D eigenvalue weighted by Crippen LogP contribution is 2.25. The summed E-state index contributed by atoms with van der Waals surface area (Å²) in [5.41, 5.74) is 0. The molecular weight excluding hydrogens is 350 g/mol. The second-order valence-corrected chi connectivity index (χ2v) is 7.33. The summed E-state index contributed by atoms with van der Waals surface area (Å²) >= 11 is 1.81. The van der Waals surface area contributed by atoms with Gasteiger partial charge in [0, 0.05) is 58.3 Å². The average Bonchev–Trinajstić information content (AvgIpc) is 3.20. The van der Waals surface area contributed by atoms with Crippen molar-refractivity contribution < 1.29 is 9.47 Å². The molecule has 1 aromatic rings. The van der Waals surface area contributed by atoms with E-state index in [1.807, 2.05) is 18.4 Å². The minimum atomic E-state index is 0.349. The Labute approximate surface area is 161 Å². The molecule has 0 saturated carbocycles. The maximum Gasteiger partial charge on any atom is 0.191 e. The number of aliphatic imine (C=N–C) groups is 1. The van der Waals surface area contributed by atoms with Gasteiger partial charge in [0.15, 0.2) is 5.96 Å². The number of hydrogen-bond acceptors (Lipinski definition) is 6. The van der Waals surface area contributed by atoms with Crippen molar-refractivity contribution in [2.75, 3.05) is 80.3 Å². The first-order chi connectivity index (χ1) is 12.7. The first-order valence-electron chi connectivity index (χ1n) is 9.21. The number of methoxy groups -OCH3 is 1. The predicted molar refractivity (Wildman–Crippen MR) is 108 cm³/mol. The van der Waals surface area contributed by atoms with Crippen molar-refractivity contribution in [3.8, 4) is 0 Å². The van der Waals surface area contributed by atoms with Crippen LogP contribution in [-0.2, 0) is 9.47 Å². The normalized spacial score (nSPS) is 17.5. The fraction of sp³-hybridized carbons (Fsp3) is 0.722. The Hall–Kier alpha value is -1.19. The van der Waals surface area contributed by atoms with Crippen LogP contribution in [0.15, 0.2) is 22.5 Å². The van der Waals surface area contributed by atoms with Crippen LogP contribution >= 0.6 is 11.3 Å². The number of morpholine rings is 1. The van der Waals surface area contributed by atoms with Crippen LogP contribution in [-0.4, -0.2) is 96.1 Å². The predicted octanol–water partition coefficient (Wildman–Crippen LogP) is 0.865. The molecule has 2 N–H and O–H groups in total. The summed E-state index contributed by atoms with van der Waals surface area (Å²) in [6.07, 6.45) is 0. The van der Waals surface area contributed by atoms with Gasteiger partial charge in [-0.05, 0) is 18.5 Å². The minimum Gasteiger partial charge on any atom is -0.383 e. The molecule has 2 rings (SSSR count). The van der Waals surface area contributed by atoms with E-state index in [-0.39, 0.29) is 0 Å². The number of nitrogens with one attached hydrogen (secondary N) is 2. The van der Waals surface area contributed by atoms with Crippen LogP contribution in [0.2, 0.25) is 0 Å². The van der Waals surface area contributed by atoms with E-state index in [1.54, 1.807) is 7.11 Å². The molecule has 0 radical (unpaired) electrons. The smallest absolute Gasteiger partial charge is 0.191 e. The van der Waals surface area contributed by atoms with E-state index in [1.165, 1.54) is 4.88 Å². The standard InChI is InChI=1S/C18H33N5O2S/c1-19-18(20-6-7-22(2)8-11-24-3)21-15-16(17-5-4-14-26-17)23-9-12-25-13-10-23/h4-5,14,16H,6-13,15H2,1-3H3,(H2,19,20,21). The molecule has 2 heterocycles. The Morgan fingerprint density at radius 2 is 2.19 bits per heavy atom. The van der Waals surface area contributed by atoms with Crippen molar-refractivity contribution in [3.05, 3.63) is 22.4 Å². The maximum absolute atomic E-state index is 5.51. The lowest BCUT2D eigenvalue weighted by Gasteiger charge is -2.34. The lowest BCUT2D eigenvalue weighted by Crippen LogP contribution is -2.47. The molecule has 1 aliphatic heterocycles. The maximum atomic E-state index is 5.51. The Morgan fingerprint density at radius 1 is 1.38 bits per heavy atom. The first kappa shape index (κ1) is 21.1. The summed E-state index contributed by atoms with van der Waals surface area (Å²) in [5, 5.41) is 9.03. The second-order valence-electron chi connectivity index (χ2n) is 6.36. The van der Waals surface area contributed by atoms with Gasteiger partial charge in [0.2, 0.25) is 0 Å². The van der Waals surface area contributed by atoms with Gasteiger partial charge >= 0.3 is 0 Å². The van der Waals surface area contributed by atoms with Gasteiger partial charge in [0.1, 0.15) is 0 Å². The third-order valence-electron chi connectivity index (χ3n) is 4.51. The van der Waals surface area contributed by atoms with Gasteiger partial charge in [0.25, 0.3) is 0 Å². The molecule has 1 aliphatic rings. The van der Waals surface area contributed by atoms with Gasteiger partial charge in [-0.25, -0.2) is 0 Å². The van der Waals surface area contributed by atoms with Crippen LogP contribution < -0.4 is 10.6 Å². The Kier molecular flexibility index (Phi) is 9.94. The molecule has 0 aliphatic carbocycles. The van der Waals surface area contributed by atoms with Crippen molar-refractivity contribution in [1.29, 1.82) is 0 Å². The Balaban J connectivity index is 1.80. The fourth-order valence-electron chi connectivity index (χ4n) is 2.92. The van der Waals surface area contributed by atoms with Crippen LogP contribution in [0.4, 0.5) is 0 Å². The van der Waals surface area contributed by atoms with E-state index >= 15 is 0 Å². The Bertz CT molecular complexity index is 506. The number of ether oxygens (including phenoxy) is 2. The zero-order valence-corrected chi connectivity index (χ0v) is 17.1. The fourth-order valence-corrected chi connectivity index (χ4v) is 3.78. The number of guanidine groups is 1. The zero-order valence-electron chi connectivity index (χ0n) is 16.2. The van der Waals surface area contributed by atoms with Crippen molar-refractivity contribution in [1.82, 2.24) is 20.4 Å².